The maximum Gasteiger partial charge on any atom is 0.469 e. The summed E-state index contributed by atoms with van der Waals surface area (Å²) in [5.74, 6) is -1.000. The van der Waals surface area contributed by atoms with Gasteiger partial charge in [0.1, 0.15) is 6.61 Å². The van der Waals surface area contributed by atoms with Gasteiger partial charge >= 0.3 is 25.4 Å². The second-order valence-electron chi connectivity index (χ2n) is 10.2. The number of nitro benzene ring substituents is 1. The van der Waals surface area contributed by atoms with E-state index in [1.165, 1.54) is 6.07 Å². The molecule has 0 aliphatic rings. The highest BCUT2D eigenvalue weighted by atomic mass is 31.2. The Morgan fingerprint density at radius 2 is 1.53 bits per heavy atom. The molecule has 0 bridgehead atoms. The van der Waals surface area contributed by atoms with E-state index in [0.29, 0.717) is 30.6 Å². The molecule has 2 aromatic rings. The number of fused-ring (bicyclic) bond motifs is 1. The van der Waals surface area contributed by atoms with Crippen LogP contribution in [0.25, 0.3) is 11.0 Å². The number of carbonyl (C=O) groups excluding carboxylic acids is 2. The Morgan fingerprint density at radius 3 is 2.19 bits per heavy atom. The first-order valence-corrected chi connectivity index (χ1v) is 16.3. The summed E-state index contributed by atoms with van der Waals surface area (Å²) < 4.78 is 30.5. The average molecular weight is 631 g/mol. The minimum atomic E-state index is -4.76. The molecule has 43 heavy (non-hydrogen) atoms. The van der Waals surface area contributed by atoms with Gasteiger partial charge in [-0.05, 0) is 35.6 Å². The van der Waals surface area contributed by atoms with Crippen LogP contribution in [0, 0.1) is 10.1 Å². The number of phosphoric ester groups is 1. The lowest BCUT2D eigenvalue weighted by Gasteiger charge is -2.18. The number of hydrogen-bond acceptors (Lipinski definition) is 12. The van der Waals surface area contributed by atoms with E-state index in [4.69, 9.17) is 19.3 Å². The smallest absolute Gasteiger partial charge is 0.462 e. The van der Waals surface area contributed by atoms with E-state index in [1.807, 2.05) is 6.92 Å². The molecule has 1 atom stereocenters. The van der Waals surface area contributed by atoms with Crippen LogP contribution in [0.1, 0.15) is 96.8 Å². The summed E-state index contributed by atoms with van der Waals surface area (Å²) in [4.78, 5) is 52.5. The molecule has 1 aromatic heterocycles. The number of anilines is 1. The summed E-state index contributed by atoms with van der Waals surface area (Å²) in [5, 5.41) is 21.7. The topological polar surface area (TPSA) is 213 Å². The molecule has 0 spiro atoms. The molecular weight excluding hydrogens is 587 g/mol. The van der Waals surface area contributed by atoms with Crippen molar-refractivity contribution in [3.8, 4) is 0 Å². The lowest BCUT2D eigenvalue weighted by Crippen LogP contribution is -2.29. The summed E-state index contributed by atoms with van der Waals surface area (Å²) >= 11 is 0. The van der Waals surface area contributed by atoms with Crippen LogP contribution in [0.4, 0.5) is 11.4 Å². The number of unbranched alkanes of at least 4 members (excludes halogenated alkanes) is 10. The minimum Gasteiger partial charge on any atom is -0.462 e. The van der Waals surface area contributed by atoms with Gasteiger partial charge in [-0.1, -0.05) is 64.7 Å². The van der Waals surface area contributed by atoms with Crippen LogP contribution < -0.4 is 5.32 Å². The summed E-state index contributed by atoms with van der Waals surface area (Å²) in [5.41, 5.74) is 0.973. The van der Waals surface area contributed by atoms with Gasteiger partial charge in [-0.25, -0.2) is 9.19 Å². The second kappa shape index (κ2) is 19.9. The van der Waals surface area contributed by atoms with Crippen molar-refractivity contribution in [3.63, 3.8) is 0 Å². The molecule has 1 aromatic carbocycles. The Bertz CT molecular complexity index is 1190. The van der Waals surface area contributed by atoms with Crippen molar-refractivity contribution in [2.45, 2.75) is 103 Å². The van der Waals surface area contributed by atoms with Gasteiger partial charge in [-0.2, -0.15) is 0 Å². The Morgan fingerprint density at radius 1 is 0.930 bits per heavy atom. The Labute approximate surface area is 250 Å². The highest BCUT2D eigenvalue weighted by Crippen LogP contribution is 2.36. The van der Waals surface area contributed by atoms with E-state index < -0.39 is 37.4 Å². The Hall–Kier alpha value is -3.13. The number of hydrogen-bond donors (Lipinski definition) is 3. The van der Waals surface area contributed by atoms with Gasteiger partial charge in [0.05, 0.1) is 17.2 Å². The third-order valence-electron chi connectivity index (χ3n) is 6.61. The number of esters is 2. The van der Waals surface area contributed by atoms with Gasteiger partial charge in [0.15, 0.2) is 11.6 Å². The number of carbonyl (C=O) groups is 2. The van der Waals surface area contributed by atoms with Crippen molar-refractivity contribution in [3.05, 3.63) is 22.2 Å². The van der Waals surface area contributed by atoms with Crippen molar-refractivity contribution < 1.29 is 47.5 Å². The Kier molecular flexibility index (Phi) is 16.7. The van der Waals surface area contributed by atoms with Crippen molar-refractivity contribution in [2.75, 3.05) is 25.1 Å². The number of nitro groups is 1. The van der Waals surface area contributed by atoms with E-state index in [-0.39, 0.29) is 30.7 Å². The molecule has 0 aliphatic carbocycles. The van der Waals surface area contributed by atoms with Crippen molar-refractivity contribution in [2.24, 2.45) is 0 Å². The highest BCUT2D eigenvalue weighted by molar-refractivity contribution is 7.46. The fourth-order valence-electron chi connectivity index (χ4n) is 4.32. The summed E-state index contributed by atoms with van der Waals surface area (Å²) in [6.45, 7) is 1.80. The molecule has 0 amide bonds. The van der Waals surface area contributed by atoms with Crippen LogP contribution in [0.3, 0.4) is 0 Å². The molecule has 1 heterocycles. The van der Waals surface area contributed by atoms with Crippen LogP contribution in [-0.2, 0) is 28.2 Å². The van der Waals surface area contributed by atoms with E-state index >= 15 is 0 Å². The first-order chi connectivity index (χ1) is 20.6. The number of benzene rings is 1. The van der Waals surface area contributed by atoms with Gasteiger partial charge in [0.25, 0.3) is 0 Å². The summed E-state index contributed by atoms with van der Waals surface area (Å²) in [7, 11) is -4.76. The molecule has 242 valence electrons. The molecule has 0 fully saturated rings. The van der Waals surface area contributed by atoms with Gasteiger partial charge < -0.3 is 24.6 Å². The molecule has 0 saturated heterocycles. The molecule has 0 radical (unpaired) electrons. The fraction of sp³-hybridized carbons (Fsp3) is 0.704. The quantitative estimate of drug-likeness (QED) is 0.0424. The number of aromatic nitrogens is 2. The molecule has 0 aliphatic heterocycles. The lowest BCUT2D eigenvalue weighted by molar-refractivity contribution is -0.383. The summed E-state index contributed by atoms with van der Waals surface area (Å²) in [6, 6.07) is 2.99. The number of nitrogens with one attached hydrogen (secondary N) is 1. The standard InChI is InChI=1S/C27H43N4O11P/c1-2-3-11-14-24(32)39-19-21(20-40-43(36,37)38)41-25(33)15-12-9-7-5-4-6-8-10-13-18-28-22-16-17-23(31(34)35)27-26(22)29-42-30-27/h16-17,21,28H,2-15,18-20H2,1H3,(H2,36,37,38)/t21-/m1/s1. The SMILES string of the molecule is CCCCCC(=O)OC[C@H](COP(=O)(O)O)OC(=O)CCCCCCCCCCCNc1ccc([N+](=O)[O-])c2nonc12. The minimum absolute atomic E-state index is 0.125. The summed E-state index contributed by atoms with van der Waals surface area (Å²) in [6.07, 6.45) is 10.5. The lowest BCUT2D eigenvalue weighted by atomic mass is 10.1. The third kappa shape index (κ3) is 15.2. The molecular formula is C27H43N4O11P. The number of nitrogens with zero attached hydrogens (tertiary/aromatic N) is 3. The predicted octanol–water partition coefficient (Wildman–Crippen LogP) is 5.59. The van der Waals surface area contributed by atoms with Crippen LogP contribution >= 0.6 is 7.82 Å². The second-order valence-corrected chi connectivity index (χ2v) is 11.5. The normalized spacial score (nSPS) is 12.3. The van der Waals surface area contributed by atoms with Crippen LogP contribution in [0.15, 0.2) is 16.8 Å². The van der Waals surface area contributed by atoms with E-state index in [2.05, 4.69) is 24.8 Å². The molecule has 0 saturated carbocycles. The maximum absolute atomic E-state index is 12.2. The monoisotopic (exact) mass is 630 g/mol. The first kappa shape index (κ1) is 36.1. The molecule has 2 rings (SSSR count). The number of non-ortho nitro benzene ring substituents is 1. The molecule has 0 unspecified atom stereocenters. The number of ether oxygens (including phenoxy) is 2. The van der Waals surface area contributed by atoms with E-state index in [9.17, 15) is 24.3 Å². The zero-order valence-corrected chi connectivity index (χ0v) is 25.5. The number of rotatable bonds is 24. The maximum atomic E-state index is 12.2. The van der Waals surface area contributed by atoms with Crippen molar-refractivity contribution in [1.29, 1.82) is 0 Å². The van der Waals surface area contributed by atoms with Crippen molar-refractivity contribution >= 4 is 42.2 Å². The van der Waals surface area contributed by atoms with Crippen LogP contribution in [0.5, 0.6) is 0 Å². The van der Waals surface area contributed by atoms with Crippen molar-refractivity contribution in [1.82, 2.24) is 10.3 Å². The highest BCUT2D eigenvalue weighted by Gasteiger charge is 2.23. The van der Waals surface area contributed by atoms with Crippen LogP contribution in [-0.4, -0.2) is 62.8 Å². The Balaban J connectivity index is 1.52. The zero-order chi connectivity index (χ0) is 31.5. The first-order valence-electron chi connectivity index (χ1n) is 14.8. The third-order valence-corrected chi connectivity index (χ3v) is 7.09. The fourth-order valence-corrected chi connectivity index (χ4v) is 4.68. The van der Waals surface area contributed by atoms with Gasteiger partial charge in [0, 0.05) is 25.5 Å². The molecule has 16 heteroatoms. The van der Waals surface area contributed by atoms with E-state index in [1.54, 1.807) is 6.07 Å². The zero-order valence-electron chi connectivity index (χ0n) is 24.6. The van der Waals surface area contributed by atoms with Gasteiger partial charge in [-0.15, -0.1) is 0 Å². The average Bonchev–Trinajstić information content (AvgIpc) is 3.45. The molecule has 15 nitrogen and oxygen atoms in total. The van der Waals surface area contributed by atoms with Gasteiger partial charge in [-0.3, -0.25) is 24.2 Å². The van der Waals surface area contributed by atoms with Gasteiger partial charge in [0.2, 0.25) is 5.52 Å². The number of phosphoric acid groups is 1. The predicted molar refractivity (Wildman–Crippen MR) is 156 cm³/mol. The molecule has 3 N–H and O–H groups in total. The largest absolute Gasteiger partial charge is 0.469 e. The van der Waals surface area contributed by atoms with Crippen LogP contribution in [0.2, 0.25) is 0 Å². The van der Waals surface area contributed by atoms with E-state index in [0.717, 1.165) is 64.2 Å².